The van der Waals surface area contributed by atoms with Crippen LogP contribution >= 0.6 is 0 Å². The van der Waals surface area contributed by atoms with E-state index in [1.807, 2.05) is 12.1 Å². The van der Waals surface area contributed by atoms with Gasteiger partial charge in [-0.3, -0.25) is 4.90 Å². The Balaban J connectivity index is 1.68. The Hall–Kier alpha value is -2.18. The molecule has 0 amide bonds. The van der Waals surface area contributed by atoms with E-state index in [2.05, 4.69) is 27.0 Å². The van der Waals surface area contributed by atoms with Gasteiger partial charge in [-0.15, -0.1) is 0 Å². The summed E-state index contributed by atoms with van der Waals surface area (Å²) in [6, 6.07) is 8.18. The topological polar surface area (TPSA) is 73.5 Å². The maximum Gasteiger partial charge on any atom is 0.219 e. The standard InChI is InChI=1S/C18H24N4O2/c1-23-16-6-4-14(5-7-16)11-22(13-17-3-2-8-24-17)12-15-9-20-18(19)21-10-15/h4-7,9-10,17H,2-3,8,11-13H2,1H3,(H2,19,20,21)/t17-/m0/s1. The van der Waals surface area contributed by atoms with Crippen molar-refractivity contribution >= 4 is 5.95 Å². The van der Waals surface area contributed by atoms with E-state index in [4.69, 9.17) is 15.2 Å². The first kappa shape index (κ1) is 16.7. The van der Waals surface area contributed by atoms with Crippen LogP contribution in [0.25, 0.3) is 0 Å². The number of hydrogen-bond acceptors (Lipinski definition) is 6. The molecule has 1 aromatic heterocycles. The molecule has 1 saturated heterocycles. The molecule has 2 N–H and O–H groups in total. The molecule has 24 heavy (non-hydrogen) atoms. The molecule has 2 heterocycles. The lowest BCUT2D eigenvalue weighted by atomic mass is 10.1. The van der Waals surface area contributed by atoms with Crippen LogP contribution in [0.5, 0.6) is 5.75 Å². The maximum absolute atomic E-state index is 5.80. The Bertz CT molecular complexity index is 624. The van der Waals surface area contributed by atoms with E-state index in [0.717, 1.165) is 50.4 Å². The van der Waals surface area contributed by atoms with Gasteiger partial charge in [-0.1, -0.05) is 12.1 Å². The Labute approximate surface area is 142 Å². The summed E-state index contributed by atoms with van der Waals surface area (Å²) in [5.41, 5.74) is 7.87. The number of nitrogens with zero attached hydrogens (tertiary/aromatic N) is 3. The summed E-state index contributed by atoms with van der Waals surface area (Å²) in [5.74, 6) is 1.18. The number of rotatable bonds is 7. The highest BCUT2D eigenvalue weighted by Gasteiger charge is 2.20. The average Bonchev–Trinajstić information content (AvgIpc) is 3.10. The van der Waals surface area contributed by atoms with Crippen molar-refractivity contribution in [3.8, 4) is 5.75 Å². The molecule has 128 valence electrons. The molecule has 6 nitrogen and oxygen atoms in total. The molecule has 0 aliphatic carbocycles. The third-order valence-electron chi connectivity index (χ3n) is 4.18. The quantitative estimate of drug-likeness (QED) is 0.840. The molecular formula is C18H24N4O2. The zero-order valence-electron chi connectivity index (χ0n) is 14.0. The van der Waals surface area contributed by atoms with Crippen molar-refractivity contribution in [1.29, 1.82) is 0 Å². The van der Waals surface area contributed by atoms with Gasteiger partial charge in [0.25, 0.3) is 0 Å². The van der Waals surface area contributed by atoms with Crippen molar-refractivity contribution in [3.05, 3.63) is 47.8 Å². The van der Waals surface area contributed by atoms with Crippen molar-refractivity contribution in [3.63, 3.8) is 0 Å². The lowest BCUT2D eigenvalue weighted by Gasteiger charge is -2.25. The molecule has 0 radical (unpaired) electrons. The first-order valence-electron chi connectivity index (χ1n) is 8.26. The van der Waals surface area contributed by atoms with Crippen molar-refractivity contribution in [2.24, 2.45) is 0 Å². The summed E-state index contributed by atoms with van der Waals surface area (Å²) in [5, 5.41) is 0. The van der Waals surface area contributed by atoms with Crippen LogP contribution in [0.3, 0.4) is 0 Å². The van der Waals surface area contributed by atoms with Crippen LogP contribution in [0, 0.1) is 0 Å². The van der Waals surface area contributed by atoms with Crippen LogP contribution in [0.2, 0.25) is 0 Å². The normalized spacial score (nSPS) is 17.3. The molecule has 1 fully saturated rings. The van der Waals surface area contributed by atoms with Crippen LogP contribution in [0.1, 0.15) is 24.0 Å². The molecular weight excluding hydrogens is 304 g/mol. The highest BCUT2D eigenvalue weighted by molar-refractivity contribution is 5.27. The fourth-order valence-corrected chi connectivity index (χ4v) is 2.96. The molecule has 0 bridgehead atoms. The van der Waals surface area contributed by atoms with Gasteiger partial charge in [0.2, 0.25) is 5.95 Å². The predicted octanol–water partition coefficient (Wildman–Crippen LogP) is 2.25. The largest absolute Gasteiger partial charge is 0.497 e. The molecule has 0 spiro atoms. The number of nitrogen functional groups attached to an aromatic ring is 1. The fourth-order valence-electron chi connectivity index (χ4n) is 2.96. The predicted molar refractivity (Wildman–Crippen MR) is 92.5 cm³/mol. The van der Waals surface area contributed by atoms with Gasteiger partial charge in [-0.05, 0) is 30.5 Å². The molecule has 3 rings (SSSR count). The summed E-state index contributed by atoms with van der Waals surface area (Å²) in [4.78, 5) is 10.5. The van der Waals surface area contributed by atoms with E-state index in [9.17, 15) is 0 Å². The fraction of sp³-hybridized carbons (Fsp3) is 0.444. The molecule has 0 unspecified atom stereocenters. The van der Waals surface area contributed by atoms with E-state index in [1.54, 1.807) is 19.5 Å². The van der Waals surface area contributed by atoms with E-state index in [0.29, 0.717) is 12.1 Å². The van der Waals surface area contributed by atoms with Crippen molar-refractivity contribution in [2.75, 3.05) is 26.0 Å². The van der Waals surface area contributed by atoms with Gasteiger partial charge < -0.3 is 15.2 Å². The second kappa shape index (κ2) is 8.08. The van der Waals surface area contributed by atoms with Gasteiger partial charge in [-0.25, -0.2) is 9.97 Å². The van der Waals surface area contributed by atoms with Crippen molar-refractivity contribution in [2.45, 2.75) is 32.0 Å². The third kappa shape index (κ3) is 4.66. The molecule has 1 aromatic carbocycles. The van der Waals surface area contributed by atoms with E-state index < -0.39 is 0 Å². The SMILES string of the molecule is COc1ccc(CN(Cc2cnc(N)nc2)C[C@@H]2CCCO2)cc1. The van der Waals surface area contributed by atoms with E-state index >= 15 is 0 Å². The van der Waals surface area contributed by atoms with Gasteiger partial charge in [-0.2, -0.15) is 0 Å². The third-order valence-corrected chi connectivity index (χ3v) is 4.18. The number of hydrogen-bond donors (Lipinski definition) is 1. The van der Waals surface area contributed by atoms with Gasteiger partial charge in [0.1, 0.15) is 5.75 Å². The minimum atomic E-state index is 0.304. The zero-order chi connectivity index (χ0) is 16.8. The highest BCUT2D eigenvalue weighted by Crippen LogP contribution is 2.18. The summed E-state index contributed by atoms with van der Waals surface area (Å²) in [6.45, 7) is 3.38. The molecule has 1 atom stereocenters. The minimum absolute atomic E-state index is 0.304. The average molecular weight is 328 g/mol. The van der Waals surface area contributed by atoms with Crippen LogP contribution in [-0.2, 0) is 17.8 Å². The van der Waals surface area contributed by atoms with Gasteiger partial charge >= 0.3 is 0 Å². The summed E-state index contributed by atoms with van der Waals surface area (Å²) in [6.07, 6.45) is 6.15. The van der Waals surface area contributed by atoms with Crippen LogP contribution in [-0.4, -0.2) is 41.2 Å². The Kier molecular flexibility index (Phi) is 5.61. The monoisotopic (exact) mass is 328 g/mol. The molecule has 0 saturated carbocycles. The number of aromatic nitrogens is 2. The van der Waals surface area contributed by atoms with Crippen LogP contribution in [0.4, 0.5) is 5.95 Å². The number of ether oxygens (including phenoxy) is 2. The second-order valence-electron chi connectivity index (χ2n) is 6.10. The summed E-state index contributed by atoms with van der Waals surface area (Å²) in [7, 11) is 1.68. The first-order chi connectivity index (χ1) is 11.7. The Morgan fingerprint density at radius 1 is 1.17 bits per heavy atom. The Morgan fingerprint density at radius 3 is 2.50 bits per heavy atom. The highest BCUT2D eigenvalue weighted by atomic mass is 16.5. The van der Waals surface area contributed by atoms with E-state index in [-0.39, 0.29) is 0 Å². The van der Waals surface area contributed by atoms with E-state index in [1.165, 1.54) is 5.56 Å². The summed E-state index contributed by atoms with van der Waals surface area (Å²) >= 11 is 0. The Morgan fingerprint density at radius 2 is 1.88 bits per heavy atom. The van der Waals surface area contributed by atoms with Gasteiger partial charge in [0.05, 0.1) is 13.2 Å². The van der Waals surface area contributed by atoms with Gasteiger partial charge in [0, 0.05) is 44.2 Å². The zero-order valence-corrected chi connectivity index (χ0v) is 14.0. The van der Waals surface area contributed by atoms with Gasteiger partial charge in [0.15, 0.2) is 0 Å². The first-order valence-corrected chi connectivity index (χ1v) is 8.26. The number of methoxy groups -OCH3 is 1. The van der Waals surface area contributed by atoms with Crippen LogP contribution < -0.4 is 10.5 Å². The lowest BCUT2D eigenvalue weighted by Crippen LogP contribution is -2.31. The van der Waals surface area contributed by atoms with Crippen molar-refractivity contribution in [1.82, 2.24) is 14.9 Å². The lowest BCUT2D eigenvalue weighted by molar-refractivity contribution is 0.0678. The summed E-state index contributed by atoms with van der Waals surface area (Å²) < 4.78 is 11.0. The molecule has 2 aromatic rings. The molecule has 1 aliphatic heterocycles. The number of nitrogens with two attached hydrogens (primary N) is 1. The molecule has 1 aliphatic rings. The minimum Gasteiger partial charge on any atom is -0.497 e. The maximum atomic E-state index is 5.80. The molecule has 6 heteroatoms. The smallest absolute Gasteiger partial charge is 0.219 e. The van der Waals surface area contributed by atoms with Crippen LogP contribution in [0.15, 0.2) is 36.7 Å². The number of anilines is 1. The number of benzene rings is 1. The second-order valence-corrected chi connectivity index (χ2v) is 6.10. The van der Waals surface area contributed by atoms with Crippen molar-refractivity contribution < 1.29 is 9.47 Å².